The average molecular weight is 479 g/mol. The lowest BCUT2D eigenvalue weighted by Crippen LogP contribution is -2.35. The molecule has 9 heteroatoms. The molecule has 5 aromatic rings. The highest BCUT2D eigenvalue weighted by Gasteiger charge is 2.22. The number of likely N-dealkylation sites (tertiary alicyclic amines) is 1. The smallest absolute Gasteiger partial charge is 0.302 e. The zero-order valence-electron chi connectivity index (χ0n) is 20.3. The van der Waals surface area contributed by atoms with E-state index in [2.05, 4.69) is 32.9 Å². The van der Waals surface area contributed by atoms with Gasteiger partial charge in [0.1, 0.15) is 0 Å². The van der Waals surface area contributed by atoms with Crippen molar-refractivity contribution in [1.29, 1.82) is 0 Å². The number of aryl methyl sites for hydroxylation is 1. The topological polar surface area (TPSA) is 77.7 Å². The molecule has 1 fully saturated rings. The van der Waals surface area contributed by atoms with Crippen molar-refractivity contribution in [2.24, 2.45) is 13.0 Å². The van der Waals surface area contributed by atoms with E-state index >= 15 is 0 Å². The van der Waals surface area contributed by atoms with Crippen LogP contribution in [0.2, 0.25) is 0 Å². The summed E-state index contributed by atoms with van der Waals surface area (Å²) in [5, 5.41) is 5.28. The van der Waals surface area contributed by atoms with Crippen LogP contribution in [0.15, 0.2) is 55.1 Å². The minimum absolute atomic E-state index is 0.461. The van der Waals surface area contributed by atoms with Crippen molar-refractivity contribution in [2.75, 3.05) is 26.7 Å². The first-order valence-corrected chi connectivity index (χ1v) is 12.0. The van der Waals surface area contributed by atoms with Gasteiger partial charge in [0.05, 0.1) is 30.6 Å². The molecule has 5 heterocycles. The van der Waals surface area contributed by atoms with Gasteiger partial charge in [0, 0.05) is 49.1 Å². The van der Waals surface area contributed by atoms with E-state index in [0.717, 1.165) is 58.6 Å². The molecule has 4 aromatic heterocycles. The minimum atomic E-state index is 0.461. The second kappa shape index (κ2) is 9.06. The van der Waals surface area contributed by atoms with Crippen LogP contribution in [0.4, 0.5) is 5.69 Å². The Morgan fingerprint density at radius 3 is 2.75 bits per heavy atom. The molecule has 36 heavy (non-hydrogen) atoms. The largest absolute Gasteiger partial charge is 0.464 e. The summed E-state index contributed by atoms with van der Waals surface area (Å²) < 4.78 is 10.0. The number of piperidine rings is 1. The molecule has 0 aliphatic carbocycles. The molecule has 0 unspecified atom stereocenters. The summed E-state index contributed by atoms with van der Waals surface area (Å²) in [7, 11) is 4.04. The lowest BCUT2D eigenvalue weighted by Gasteiger charge is -2.29. The number of benzene rings is 1. The van der Waals surface area contributed by atoms with Crippen LogP contribution in [-0.2, 0) is 7.05 Å². The molecule has 1 atom stereocenters. The second-order valence-electron chi connectivity index (χ2n) is 9.38. The van der Waals surface area contributed by atoms with Crippen LogP contribution in [0.1, 0.15) is 12.8 Å². The number of ether oxygens (including phenoxy) is 1. The second-order valence-corrected chi connectivity index (χ2v) is 9.38. The summed E-state index contributed by atoms with van der Waals surface area (Å²) in [6.07, 6.45) is 9.63. The minimum Gasteiger partial charge on any atom is -0.464 e. The van der Waals surface area contributed by atoms with Gasteiger partial charge in [-0.1, -0.05) is 24.3 Å². The zero-order chi connectivity index (χ0) is 24.6. The van der Waals surface area contributed by atoms with Gasteiger partial charge in [-0.05, 0) is 38.1 Å². The highest BCUT2D eigenvalue weighted by molar-refractivity contribution is 5.93. The number of hydrogen-bond acceptors (Lipinski definition) is 6. The molecule has 0 saturated carbocycles. The third-order valence-corrected chi connectivity index (χ3v) is 6.82. The third kappa shape index (κ3) is 3.95. The fraction of sp³-hybridized carbons (Fsp3) is 0.296. The van der Waals surface area contributed by atoms with E-state index in [-0.39, 0.29) is 0 Å². The van der Waals surface area contributed by atoms with Gasteiger partial charge in [-0.15, -0.1) is 0 Å². The van der Waals surface area contributed by atoms with E-state index in [1.165, 1.54) is 6.42 Å². The van der Waals surface area contributed by atoms with Gasteiger partial charge in [0.25, 0.3) is 0 Å². The Morgan fingerprint density at radius 1 is 1.08 bits per heavy atom. The van der Waals surface area contributed by atoms with Gasteiger partial charge in [-0.25, -0.2) is 14.8 Å². The van der Waals surface area contributed by atoms with Gasteiger partial charge >= 0.3 is 6.01 Å². The molecule has 0 N–H and O–H groups in total. The molecule has 6 rings (SSSR count). The van der Waals surface area contributed by atoms with Crippen molar-refractivity contribution < 1.29 is 4.74 Å². The standard InChI is InChI=1S/C27H26N8O/c1-28-22-8-6-19(7-9-22)24-23(20-13-21-15-31-34(3)25(21)30-14-20)26-29-10-12-35(26)27(32-24)36-17-18-5-4-11-33(2)16-18/h6-10,12-15,18H,4-5,11,16-17H2,2-3H3/t18-/m1/s1. The van der Waals surface area contributed by atoms with Crippen LogP contribution >= 0.6 is 0 Å². The Labute approximate surface area is 208 Å². The molecule has 1 aliphatic heterocycles. The summed E-state index contributed by atoms with van der Waals surface area (Å²) in [6.45, 7) is 10.1. The van der Waals surface area contributed by atoms with Crippen LogP contribution in [0.5, 0.6) is 6.01 Å². The lowest BCUT2D eigenvalue weighted by molar-refractivity contribution is 0.143. The number of aromatic nitrogens is 6. The van der Waals surface area contributed by atoms with E-state index in [9.17, 15) is 0 Å². The summed E-state index contributed by atoms with van der Waals surface area (Å²) >= 11 is 0. The fourth-order valence-corrected chi connectivity index (χ4v) is 5.01. The molecule has 0 bridgehead atoms. The molecule has 0 spiro atoms. The van der Waals surface area contributed by atoms with Crippen molar-refractivity contribution >= 4 is 22.4 Å². The van der Waals surface area contributed by atoms with Crippen molar-refractivity contribution in [3.05, 3.63) is 66.5 Å². The third-order valence-electron chi connectivity index (χ3n) is 6.82. The SMILES string of the molecule is [C-]#[N+]c1ccc(-c2nc(OC[C@@H]3CCCN(C)C3)n3ccnc3c2-c2cnc3c(cnn3C)c2)cc1. The predicted molar refractivity (Wildman–Crippen MR) is 138 cm³/mol. The molecule has 1 saturated heterocycles. The monoisotopic (exact) mass is 478 g/mol. The van der Waals surface area contributed by atoms with E-state index in [4.69, 9.17) is 21.3 Å². The maximum atomic E-state index is 7.32. The number of fused-ring (bicyclic) bond motifs is 2. The van der Waals surface area contributed by atoms with Crippen LogP contribution in [0, 0.1) is 12.5 Å². The Balaban J connectivity index is 1.49. The number of imidazole rings is 1. The summed E-state index contributed by atoms with van der Waals surface area (Å²) in [4.78, 5) is 20.3. The molecule has 1 aromatic carbocycles. The Hall–Kier alpha value is -4.29. The molecule has 0 radical (unpaired) electrons. The molecule has 9 nitrogen and oxygen atoms in total. The Bertz CT molecular complexity index is 1590. The molecular weight excluding hydrogens is 452 g/mol. The van der Waals surface area contributed by atoms with Crippen LogP contribution in [0.25, 0.3) is 43.9 Å². The average Bonchev–Trinajstić information content (AvgIpc) is 3.54. The van der Waals surface area contributed by atoms with Gasteiger partial charge in [-0.2, -0.15) is 10.1 Å². The number of rotatable bonds is 5. The molecule has 0 amide bonds. The predicted octanol–water partition coefficient (Wildman–Crippen LogP) is 4.62. The highest BCUT2D eigenvalue weighted by Crippen LogP contribution is 2.37. The molecule has 180 valence electrons. The summed E-state index contributed by atoms with van der Waals surface area (Å²) in [5.41, 5.74) is 5.52. The first-order chi connectivity index (χ1) is 17.6. The van der Waals surface area contributed by atoms with Crippen LogP contribution in [0.3, 0.4) is 0 Å². The first-order valence-electron chi connectivity index (χ1n) is 12.0. The molecular formula is C27H26N8O. The molecule has 1 aliphatic rings. The lowest BCUT2D eigenvalue weighted by atomic mass is 9.99. The van der Waals surface area contributed by atoms with Crippen molar-refractivity contribution in [3.63, 3.8) is 0 Å². The van der Waals surface area contributed by atoms with Gasteiger partial charge in [-0.3, -0.25) is 9.08 Å². The highest BCUT2D eigenvalue weighted by atomic mass is 16.5. The van der Waals surface area contributed by atoms with Gasteiger partial charge in [0.15, 0.2) is 17.0 Å². The Morgan fingerprint density at radius 2 is 1.94 bits per heavy atom. The van der Waals surface area contributed by atoms with Gasteiger partial charge in [0.2, 0.25) is 0 Å². The van der Waals surface area contributed by atoms with E-state index in [0.29, 0.717) is 24.2 Å². The van der Waals surface area contributed by atoms with E-state index in [1.54, 1.807) is 10.9 Å². The van der Waals surface area contributed by atoms with Crippen molar-refractivity contribution in [2.45, 2.75) is 12.8 Å². The number of pyridine rings is 1. The first kappa shape index (κ1) is 22.2. The van der Waals surface area contributed by atoms with Crippen LogP contribution < -0.4 is 4.74 Å². The maximum absolute atomic E-state index is 7.32. The van der Waals surface area contributed by atoms with Crippen molar-refractivity contribution in [3.8, 4) is 28.4 Å². The maximum Gasteiger partial charge on any atom is 0.302 e. The summed E-state index contributed by atoms with van der Waals surface area (Å²) in [6, 6.07) is 10.0. The summed E-state index contributed by atoms with van der Waals surface area (Å²) in [5.74, 6) is 0.461. The number of nitrogens with zero attached hydrogens (tertiary/aromatic N) is 8. The Kier molecular flexibility index (Phi) is 5.58. The normalized spacial score (nSPS) is 16.4. The van der Waals surface area contributed by atoms with E-state index in [1.807, 2.05) is 54.3 Å². The van der Waals surface area contributed by atoms with Crippen LogP contribution in [-0.4, -0.2) is 60.8 Å². The van der Waals surface area contributed by atoms with Gasteiger partial charge < -0.3 is 9.64 Å². The quantitative estimate of drug-likeness (QED) is 0.343. The number of hydrogen-bond donors (Lipinski definition) is 0. The van der Waals surface area contributed by atoms with E-state index < -0.39 is 0 Å². The van der Waals surface area contributed by atoms with Crippen molar-refractivity contribution in [1.82, 2.24) is 34.0 Å². The zero-order valence-corrected chi connectivity index (χ0v) is 20.3. The fourth-order valence-electron chi connectivity index (χ4n) is 5.01.